The number of rotatable bonds is 3. The number of hydrogen-bond donors (Lipinski definition) is 1. The van der Waals surface area contributed by atoms with Gasteiger partial charge in [-0.05, 0) is 18.2 Å². The largest absolute Gasteiger partial charge is 0.314 e. The molecule has 1 aliphatic heterocycles. The van der Waals surface area contributed by atoms with E-state index in [4.69, 9.17) is 11.6 Å². The van der Waals surface area contributed by atoms with Crippen LogP contribution in [0.5, 0.6) is 0 Å². The Hall–Kier alpha value is -0.400. The van der Waals surface area contributed by atoms with Crippen LogP contribution in [-0.2, 0) is 10.0 Å². The lowest BCUT2D eigenvalue weighted by molar-refractivity contribution is 0.364. The molecule has 17 heavy (non-hydrogen) atoms. The van der Waals surface area contributed by atoms with E-state index in [9.17, 15) is 8.42 Å². The molecule has 0 atom stereocenters. The Kier molecular flexibility index (Phi) is 4.22. The van der Waals surface area contributed by atoms with Gasteiger partial charge in [0.1, 0.15) is 0 Å². The maximum Gasteiger partial charge on any atom is 0.236 e. The number of halogens is 1. The fraction of sp³-hybridized carbons (Fsp3) is 0.400. The van der Waals surface area contributed by atoms with Crippen LogP contribution in [0.4, 0.5) is 0 Å². The summed E-state index contributed by atoms with van der Waals surface area (Å²) >= 11 is 7.13. The second kappa shape index (κ2) is 5.49. The molecule has 1 aromatic rings. The summed E-state index contributed by atoms with van der Waals surface area (Å²) in [7, 11) is -3.30. The molecule has 0 bridgehead atoms. The van der Waals surface area contributed by atoms with Gasteiger partial charge in [-0.2, -0.15) is 4.31 Å². The van der Waals surface area contributed by atoms with E-state index in [1.807, 2.05) is 0 Å². The molecular weight excluding hydrogens is 280 g/mol. The van der Waals surface area contributed by atoms with Crippen LogP contribution in [0.3, 0.4) is 0 Å². The molecule has 1 aliphatic rings. The third-order valence-corrected chi connectivity index (χ3v) is 5.20. The summed E-state index contributed by atoms with van der Waals surface area (Å²) in [4.78, 5) is 0.841. The van der Waals surface area contributed by atoms with Crippen LogP contribution in [-0.4, -0.2) is 38.9 Å². The van der Waals surface area contributed by atoms with Gasteiger partial charge in [-0.1, -0.05) is 11.6 Å². The number of nitrogens with one attached hydrogen (secondary N) is 1. The van der Waals surface area contributed by atoms with Gasteiger partial charge in [-0.3, -0.25) is 0 Å². The normalized spacial score (nSPS) is 18.9. The summed E-state index contributed by atoms with van der Waals surface area (Å²) in [6, 6.07) is 3.56. The van der Waals surface area contributed by atoms with Gasteiger partial charge in [0.25, 0.3) is 0 Å². The monoisotopic (exact) mass is 292 g/mol. The van der Waals surface area contributed by atoms with E-state index in [-0.39, 0.29) is 0 Å². The van der Waals surface area contributed by atoms with Gasteiger partial charge in [0.2, 0.25) is 10.0 Å². The van der Waals surface area contributed by atoms with E-state index in [0.29, 0.717) is 30.5 Å². The highest BCUT2D eigenvalue weighted by Crippen LogP contribution is 2.23. The predicted octanol–water partition coefficient (Wildman–Crippen LogP) is 1.61. The van der Waals surface area contributed by atoms with Crippen molar-refractivity contribution < 1.29 is 8.42 Å². The van der Waals surface area contributed by atoms with Crippen molar-refractivity contribution in [2.45, 2.75) is 0 Å². The summed E-state index contributed by atoms with van der Waals surface area (Å²) in [6.07, 6.45) is 1.59. The molecule has 0 aliphatic carbocycles. The third-order valence-electron chi connectivity index (χ3n) is 2.43. The highest BCUT2D eigenvalue weighted by molar-refractivity contribution is 7.92. The minimum Gasteiger partial charge on any atom is -0.314 e. The van der Waals surface area contributed by atoms with Crippen LogP contribution in [0.1, 0.15) is 4.88 Å². The smallest absolute Gasteiger partial charge is 0.236 e. The average molecular weight is 293 g/mol. The van der Waals surface area contributed by atoms with Crippen molar-refractivity contribution >= 4 is 39.0 Å². The minimum atomic E-state index is -3.30. The summed E-state index contributed by atoms with van der Waals surface area (Å²) in [5, 5.41) is 4.37. The Morgan fingerprint density at radius 2 is 2.06 bits per heavy atom. The number of piperazine rings is 1. The van der Waals surface area contributed by atoms with Gasteiger partial charge in [0, 0.05) is 36.5 Å². The fourth-order valence-corrected chi connectivity index (χ4v) is 3.79. The molecule has 0 radical (unpaired) electrons. The molecule has 7 heteroatoms. The standard InChI is InChI=1S/C10H13ClN2O2S2/c11-10-2-1-9(16-10)3-8-17(14,15)13-6-4-12-5-7-13/h1-3,8,12H,4-7H2/b8-3+. The topological polar surface area (TPSA) is 49.4 Å². The molecule has 0 saturated carbocycles. The zero-order valence-electron chi connectivity index (χ0n) is 9.10. The molecule has 1 N–H and O–H groups in total. The average Bonchev–Trinajstić information content (AvgIpc) is 2.74. The maximum atomic E-state index is 11.9. The molecule has 0 unspecified atom stereocenters. The number of thiophene rings is 1. The molecule has 2 rings (SSSR count). The molecule has 2 heterocycles. The summed E-state index contributed by atoms with van der Waals surface area (Å²) in [5.74, 6) is 0. The first-order valence-corrected chi connectivity index (χ1v) is 7.92. The minimum absolute atomic E-state index is 0.526. The van der Waals surface area contributed by atoms with E-state index in [1.54, 1.807) is 18.2 Å². The van der Waals surface area contributed by atoms with Gasteiger partial charge in [0.15, 0.2) is 0 Å². The van der Waals surface area contributed by atoms with Gasteiger partial charge < -0.3 is 5.32 Å². The van der Waals surface area contributed by atoms with E-state index >= 15 is 0 Å². The zero-order chi connectivity index (χ0) is 12.3. The van der Waals surface area contributed by atoms with E-state index in [2.05, 4.69) is 5.32 Å². The van der Waals surface area contributed by atoms with Crippen LogP contribution >= 0.6 is 22.9 Å². The molecule has 1 aromatic heterocycles. The Morgan fingerprint density at radius 3 is 2.65 bits per heavy atom. The fourth-order valence-electron chi connectivity index (χ4n) is 1.56. The second-order valence-electron chi connectivity index (χ2n) is 3.64. The first-order chi connectivity index (χ1) is 8.08. The lowest BCUT2D eigenvalue weighted by Crippen LogP contribution is -2.45. The molecule has 0 spiro atoms. The van der Waals surface area contributed by atoms with Crippen molar-refractivity contribution in [3.63, 3.8) is 0 Å². The number of sulfonamides is 1. The molecule has 1 fully saturated rings. The maximum absolute atomic E-state index is 11.9. The first-order valence-electron chi connectivity index (χ1n) is 5.22. The lowest BCUT2D eigenvalue weighted by atomic mass is 10.4. The predicted molar refractivity (Wildman–Crippen MR) is 71.7 cm³/mol. The van der Waals surface area contributed by atoms with Gasteiger partial charge >= 0.3 is 0 Å². The molecule has 0 amide bonds. The highest BCUT2D eigenvalue weighted by atomic mass is 35.5. The van der Waals surface area contributed by atoms with Crippen molar-refractivity contribution in [2.24, 2.45) is 0 Å². The van der Waals surface area contributed by atoms with Crippen LogP contribution in [0.15, 0.2) is 17.5 Å². The highest BCUT2D eigenvalue weighted by Gasteiger charge is 2.20. The van der Waals surface area contributed by atoms with Crippen LogP contribution in [0.2, 0.25) is 4.34 Å². The zero-order valence-corrected chi connectivity index (χ0v) is 11.5. The molecule has 0 aromatic carbocycles. The van der Waals surface area contributed by atoms with E-state index in [1.165, 1.54) is 21.1 Å². The van der Waals surface area contributed by atoms with E-state index in [0.717, 1.165) is 4.88 Å². The Morgan fingerprint density at radius 1 is 1.35 bits per heavy atom. The van der Waals surface area contributed by atoms with Crippen molar-refractivity contribution in [3.8, 4) is 0 Å². The Labute approximate surface area is 110 Å². The van der Waals surface area contributed by atoms with Crippen LogP contribution in [0, 0.1) is 0 Å². The first kappa shape index (κ1) is 13.0. The van der Waals surface area contributed by atoms with Gasteiger partial charge in [-0.25, -0.2) is 8.42 Å². The Bertz CT molecular complexity index is 504. The third kappa shape index (κ3) is 3.53. The summed E-state index contributed by atoms with van der Waals surface area (Å²) in [6.45, 7) is 2.46. The molecule has 4 nitrogen and oxygen atoms in total. The second-order valence-corrected chi connectivity index (χ2v) is 7.20. The number of hydrogen-bond acceptors (Lipinski definition) is 4. The molecule has 94 valence electrons. The van der Waals surface area contributed by atoms with Crippen molar-refractivity contribution in [3.05, 3.63) is 26.8 Å². The van der Waals surface area contributed by atoms with Crippen LogP contribution < -0.4 is 5.32 Å². The van der Waals surface area contributed by atoms with Crippen molar-refractivity contribution in [1.29, 1.82) is 0 Å². The van der Waals surface area contributed by atoms with E-state index < -0.39 is 10.0 Å². The SMILES string of the molecule is O=S(=O)(/C=C/c1ccc(Cl)s1)N1CCNCC1. The van der Waals surface area contributed by atoms with Crippen molar-refractivity contribution in [2.75, 3.05) is 26.2 Å². The van der Waals surface area contributed by atoms with Crippen molar-refractivity contribution in [1.82, 2.24) is 9.62 Å². The van der Waals surface area contributed by atoms with Crippen LogP contribution in [0.25, 0.3) is 6.08 Å². The quantitative estimate of drug-likeness (QED) is 0.921. The summed E-state index contributed by atoms with van der Waals surface area (Å²) in [5.41, 5.74) is 0. The van der Waals surface area contributed by atoms with Gasteiger partial charge in [0.05, 0.1) is 4.34 Å². The molecule has 1 saturated heterocycles. The lowest BCUT2D eigenvalue weighted by Gasteiger charge is -2.24. The number of nitrogens with zero attached hydrogens (tertiary/aromatic N) is 1. The van der Waals surface area contributed by atoms with Gasteiger partial charge in [-0.15, -0.1) is 11.3 Å². The molecular formula is C10H13ClN2O2S2. The summed E-state index contributed by atoms with van der Waals surface area (Å²) < 4.78 is 26.0. The Balaban J connectivity index is 2.08.